The topological polar surface area (TPSA) is 69.9 Å². The molecule has 0 fully saturated rings. The van der Waals surface area contributed by atoms with E-state index in [4.69, 9.17) is 4.74 Å². The number of methoxy groups -OCH3 is 1. The lowest BCUT2D eigenvalue weighted by Gasteiger charge is -2.06. The second kappa shape index (κ2) is 5.83. The Kier molecular flexibility index (Phi) is 4.16. The minimum Gasteiger partial charge on any atom is -0.383 e. The van der Waals surface area contributed by atoms with E-state index in [2.05, 4.69) is 31.0 Å². The van der Waals surface area contributed by atoms with Gasteiger partial charge in [-0.1, -0.05) is 0 Å². The standard InChI is InChI=1S/C11H11BrN4O2/c1-18-5-4-16-10(8(12)6-15-16)11(17)9-2-3-13-7-14-9/h2-3,6-7H,4-5H2,1H3. The van der Waals surface area contributed by atoms with Crippen molar-refractivity contribution in [3.05, 3.63) is 40.6 Å². The predicted octanol–water partition coefficient (Wildman–Crippen LogP) is 1.31. The zero-order valence-corrected chi connectivity index (χ0v) is 11.3. The second-order valence-corrected chi connectivity index (χ2v) is 4.34. The van der Waals surface area contributed by atoms with Crippen molar-refractivity contribution in [1.29, 1.82) is 0 Å². The SMILES string of the molecule is COCCn1ncc(Br)c1C(=O)c1ccncn1. The third kappa shape index (κ3) is 2.62. The Morgan fingerprint density at radius 2 is 2.39 bits per heavy atom. The highest BCUT2D eigenvalue weighted by Crippen LogP contribution is 2.18. The number of carbonyl (C=O) groups is 1. The molecule has 0 aliphatic heterocycles. The van der Waals surface area contributed by atoms with Crippen molar-refractivity contribution in [2.75, 3.05) is 13.7 Å². The van der Waals surface area contributed by atoms with E-state index in [0.29, 0.717) is 29.0 Å². The number of hydrogen-bond donors (Lipinski definition) is 0. The van der Waals surface area contributed by atoms with Crippen LogP contribution in [-0.2, 0) is 11.3 Å². The van der Waals surface area contributed by atoms with Crippen molar-refractivity contribution >= 4 is 21.7 Å². The molecule has 2 rings (SSSR count). The third-order valence-corrected chi connectivity index (χ3v) is 2.91. The molecule has 0 N–H and O–H groups in total. The van der Waals surface area contributed by atoms with Crippen LogP contribution >= 0.6 is 15.9 Å². The maximum atomic E-state index is 12.3. The van der Waals surface area contributed by atoms with Crippen molar-refractivity contribution < 1.29 is 9.53 Å². The van der Waals surface area contributed by atoms with Gasteiger partial charge in [0.1, 0.15) is 17.7 Å². The fourth-order valence-electron chi connectivity index (χ4n) is 1.48. The average molecular weight is 311 g/mol. The van der Waals surface area contributed by atoms with Gasteiger partial charge in [0.25, 0.3) is 0 Å². The summed E-state index contributed by atoms with van der Waals surface area (Å²) in [5, 5.41) is 4.13. The summed E-state index contributed by atoms with van der Waals surface area (Å²) >= 11 is 3.32. The first-order valence-electron chi connectivity index (χ1n) is 5.25. The van der Waals surface area contributed by atoms with Crippen LogP contribution in [0.15, 0.2) is 29.3 Å². The van der Waals surface area contributed by atoms with Crippen LogP contribution < -0.4 is 0 Å². The molecule has 0 amide bonds. The summed E-state index contributed by atoms with van der Waals surface area (Å²) in [6.07, 6.45) is 4.46. The number of nitrogens with zero attached hydrogens (tertiary/aromatic N) is 4. The van der Waals surface area contributed by atoms with Crippen LogP contribution in [0.1, 0.15) is 16.2 Å². The Hall–Kier alpha value is -1.60. The van der Waals surface area contributed by atoms with E-state index in [9.17, 15) is 4.79 Å². The molecule has 0 aliphatic carbocycles. The van der Waals surface area contributed by atoms with E-state index in [-0.39, 0.29) is 5.78 Å². The average Bonchev–Trinajstić information content (AvgIpc) is 2.77. The quantitative estimate of drug-likeness (QED) is 0.779. The molecule has 0 aromatic carbocycles. The van der Waals surface area contributed by atoms with Gasteiger partial charge in [0.15, 0.2) is 0 Å². The summed E-state index contributed by atoms with van der Waals surface area (Å²) in [5.41, 5.74) is 0.801. The maximum absolute atomic E-state index is 12.3. The molecule has 2 aromatic heterocycles. The van der Waals surface area contributed by atoms with Crippen LogP contribution in [0.5, 0.6) is 0 Å². The van der Waals surface area contributed by atoms with Crippen molar-refractivity contribution in [2.24, 2.45) is 0 Å². The molecule has 0 bridgehead atoms. The summed E-state index contributed by atoms with van der Waals surface area (Å²) in [6, 6.07) is 1.57. The predicted molar refractivity (Wildman–Crippen MR) is 67.3 cm³/mol. The highest BCUT2D eigenvalue weighted by molar-refractivity contribution is 9.10. The number of hydrogen-bond acceptors (Lipinski definition) is 5. The molecule has 94 valence electrons. The molecule has 0 atom stereocenters. The summed E-state index contributed by atoms with van der Waals surface area (Å²) in [4.78, 5) is 20.0. The van der Waals surface area contributed by atoms with Gasteiger partial charge in [-0.25, -0.2) is 9.97 Å². The second-order valence-electron chi connectivity index (χ2n) is 3.48. The molecular weight excluding hydrogens is 300 g/mol. The Balaban J connectivity index is 2.32. The molecule has 2 heterocycles. The van der Waals surface area contributed by atoms with Gasteiger partial charge in [-0.05, 0) is 22.0 Å². The van der Waals surface area contributed by atoms with Crippen molar-refractivity contribution in [3.8, 4) is 0 Å². The van der Waals surface area contributed by atoms with Crippen molar-refractivity contribution in [1.82, 2.24) is 19.7 Å². The Labute approximate surface area is 112 Å². The van der Waals surface area contributed by atoms with Gasteiger partial charge in [0.2, 0.25) is 5.78 Å². The number of halogens is 1. The van der Waals surface area contributed by atoms with E-state index in [1.165, 1.54) is 12.5 Å². The van der Waals surface area contributed by atoms with E-state index in [1.807, 2.05) is 0 Å². The van der Waals surface area contributed by atoms with Gasteiger partial charge in [-0.2, -0.15) is 5.10 Å². The van der Waals surface area contributed by atoms with Crippen LogP contribution in [0.25, 0.3) is 0 Å². The largest absolute Gasteiger partial charge is 0.383 e. The molecule has 6 nitrogen and oxygen atoms in total. The number of aromatic nitrogens is 4. The smallest absolute Gasteiger partial charge is 0.230 e. The molecule has 0 aliphatic rings. The lowest BCUT2D eigenvalue weighted by molar-refractivity contribution is 0.102. The molecule has 7 heteroatoms. The van der Waals surface area contributed by atoms with Gasteiger partial charge < -0.3 is 4.74 Å². The van der Waals surface area contributed by atoms with Crippen LogP contribution in [0.3, 0.4) is 0 Å². The molecule has 0 unspecified atom stereocenters. The molecular formula is C11H11BrN4O2. The molecule has 18 heavy (non-hydrogen) atoms. The molecule has 0 radical (unpaired) electrons. The van der Waals surface area contributed by atoms with E-state index >= 15 is 0 Å². The van der Waals surface area contributed by atoms with Crippen LogP contribution in [0.2, 0.25) is 0 Å². The highest BCUT2D eigenvalue weighted by atomic mass is 79.9. The number of ether oxygens (including phenoxy) is 1. The van der Waals surface area contributed by atoms with Crippen LogP contribution in [0.4, 0.5) is 0 Å². The first-order valence-corrected chi connectivity index (χ1v) is 6.04. The summed E-state index contributed by atoms with van der Waals surface area (Å²) in [6.45, 7) is 0.992. The lowest BCUT2D eigenvalue weighted by atomic mass is 10.2. The lowest BCUT2D eigenvalue weighted by Crippen LogP contribution is -2.15. The van der Waals surface area contributed by atoms with Crippen LogP contribution in [-0.4, -0.2) is 39.2 Å². The minimum absolute atomic E-state index is 0.196. The first kappa shape index (κ1) is 12.8. The number of ketones is 1. The molecule has 0 saturated heterocycles. The van der Waals surface area contributed by atoms with Gasteiger partial charge >= 0.3 is 0 Å². The monoisotopic (exact) mass is 310 g/mol. The Morgan fingerprint density at radius 1 is 1.56 bits per heavy atom. The van der Waals surface area contributed by atoms with Gasteiger partial charge in [0, 0.05) is 13.3 Å². The van der Waals surface area contributed by atoms with Gasteiger partial charge in [-0.15, -0.1) is 0 Å². The third-order valence-electron chi connectivity index (χ3n) is 2.33. The summed E-state index contributed by atoms with van der Waals surface area (Å²) < 4.78 is 7.22. The highest BCUT2D eigenvalue weighted by Gasteiger charge is 2.19. The van der Waals surface area contributed by atoms with Gasteiger partial charge in [-0.3, -0.25) is 9.48 Å². The van der Waals surface area contributed by atoms with E-state index in [0.717, 1.165) is 0 Å². The summed E-state index contributed by atoms with van der Waals surface area (Å²) in [7, 11) is 1.60. The number of rotatable bonds is 5. The first-order chi connectivity index (χ1) is 8.74. The number of carbonyl (C=O) groups excluding carboxylic acids is 1. The maximum Gasteiger partial charge on any atom is 0.230 e. The zero-order valence-electron chi connectivity index (χ0n) is 9.71. The summed E-state index contributed by atoms with van der Waals surface area (Å²) in [5.74, 6) is -0.196. The zero-order chi connectivity index (χ0) is 13.0. The fourth-order valence-corrected chi connectivity index (χ4v) is 1.96. The Bertz CT molecular complexity index is 541. The van der Waals surface area contributed by atoms with E-state index < -0.39 is 0 Å². The molecule has 0 saturated carbocycles. The van der Waals surface area contributed by atoms with Crippen molar-refractivity contribution in [2.45, 2.75) is 6.54 Å². The normalized spacial score (nSPS) is 10.6. The van der Waals surface area contributed by atoms with Crippen molar-refractivity contribution in [3.63, 3.8) is 0 Å². The fraction of sp³-hybridized carbons (Fsp3) is 0.273. The Morgan fingerprint density at radius 3 is 3.06 bits per heavy atom. The molecule has 2 aromatic rings. The van der Waals surface area contributed by atoms with Crippen LogP contribution in [0, 0.1) is 0 Å². The molecule has 0 spiro atoms. The van der Waals surface area contributed by atoms with Gasteiger partial charge in [0.05, 0.1) is 23.8 Å². The van der Waals surface area contributed by atoms with E-state index in [1.54, 1.807) is 24.1 Å². The minimum atomic E-state index is -0.196.